The number of aromatic nitrogens is 3. The number of hydrogen-bond acceptors (Lipinski definition) is 6. The van der Waals surface area contributed by atoms with Crippen molar-refractivity contribution < 1.29 is 4.79 Å². The second-order valence-corrected chi connectivity index (χ2v) is 7.32. The molecule has 28 heavy (non-hydrogen) atoms. The fraction of sp³-hybridized carbons (Fsp3) is 0.211. The van der Waals surface area contributed by atoms with Gasteiger partial charge in [0.15, 0.2) is 0 Å². The summed E-state index contributed by atoms with van der Waals surface area (Å²) in [5, 5.41) is 13.2. The van der Waals surface area contributed by atoms with E-state index in [-0.39, 0.29) is 17.1 Å². The van der Waals surface area contributed by atoms with E-state index in [4.69, 9.17) is 0 Å². The topological polar surface area (TPSA) is 131 Å². The summed E-state index contributed by atoms with van der Waals surface area (Å²) in [5.41, 5.74) is 2.17. The molecule has 0 saturated carbocycles. The van der Waals surface area contributed by atoms with Gasteiger partial charge in [0.05, 0.1) is 16.8 Å². The second-order valence-electron chi connectivity index (χ2n) is 6.35. The van der Waals surface area contributed by atoms with Crippen LogP contribution in [0.4, 0.5) is 5.69 Å². The van der Waals surface area contributed by atoms with Crippen molar-refractivity contribution >= 4 is 34.3 Å². The lowest BCUT2D eigenvalue weighted by Gasteiger charge is -2.09. The van der Waals surface area contributed by atoms with Crippen LogP contribution in [0.1, 0.15) is 22.4 Å². The number of carbonyl (C=O) groups is 1. The first-order chi connectivity index (χ1) is 13.3. The largest absolute Gasteiger partial charge is 0.326 e. The number of benzene rings is 1. The summed E-state index contributed by atoms with van der Waals surface area (Å²) in [6.45, 7) is 5.44. The van der Waals surface area contributed by atoms with Gasteiger partial charge in [-0.15, -0.1) is 0 Å². The van der Waals surface area contributed by atoms with Crippen LogP contribution in [-0.4, -0.2) is 26.6 Å². The van der Waals surface area contributed by atoms with Gasteiger partial charge in [-0.2, -0.15) is 5.26 Å². The van der Waals surface area contributed by atoms with Crippen LogP contribution in [0.25, 0.3) is 10.9 Å². The first-order valence-corrected chi connectivity index (χ1v) is 9.35. The number of amides is 1. The van der Waals surface area contributed by atoms with Crippen LogP contribution < -0.4 is 16.6 Å². The van der Waals surface area contributed by atoms with Crippen LogP contribution in [0.2, 0.25) is 0 Å². The van der Waals surface area contributed by atoms with E-state index in [2.05, 4.69) is 26.3 Å². The van der Waals surface area contributed by atoms with Gasteiger partial charge in [0, 0.05) is 11.1 Å². The zero-order valence-corrected chi connectivity index (χ0v) is 16.3. The molecule has 9 heteroatoms. The van der Waals surface area contributed by atoms with E-state index in [0.29, 0.717) is 10.6 Å². The van der Waals surface area contributed by atoms with E-state index >= 15 is 0 Å². The number of aryl methyl sites for hydroxylation is 3. The third kappa shape index (κ3) is 3.97. The highest BCUT2D eigenvalue weighted by Crippen LogP contribution is 2.27. The molecule has 0 spiro atoms. The van der Waals surface area contributed by atoms with Gasteiger partial charge in [-0.1, -0.05) is 23.4 Å². The molecule has 1 amide bonds. The lowest BCUT2D eigenvalue weighted by Crippen LogP contribution is -2.29. The molecule has 0 aliphatic carbocycles. The van der Waals surface area contributed by atoms with Crippen molar-refractivity contribution in [2.45, 2.75) is 25.8 Å². The van der Waals surface area contributed by atoms with Gasteiger partial charge in [-0.3, -0.25) is 14.6 Å². The maximum atomic E-state index is 12.3. The molecule has 0 saturated heterocycles. The quantitative estimate of drug-likeness (QED) is 0.580. The number of nitriles is 1. The fourth-order valence-electron chi connectivity index (χ4n) is 2.88. The molecule has 0 fully saturated rings. The standard InChI is InChI=1S/C19H17N5O3S/c1-9-4-10(2)15-12(5-9)6-13(7-20)18(23-15)28-8-14(25)22-16-11(3)21-19(27)24-17(16)26/h4-6H,8H2,1-3H3,(H,22,25)(H2,21,24,26,27). The summed E-state index contributed by atoms with van der Waals surface area (Å²) in [6, 6.07) is 7.85. The highest BCUT2D eigenvalue weighted by Gasteiger charge is 2.14. The Bertz CT molecular complexity index is 1250. The van der Waals surface area contributed by atoms with Crippen molar-refractivity contribution in [3.63, 3.8) is 0 Å². The lowest BCUT2D eigenvalue weighted by atomic mass is 10.1. The second kappa shape index (κ2) is 7.70. The predicted molar refractivity (Wildman–Crippen MR) is 108 cm³/mol. The molecule has 3 N–H and O–H groups in total. The van der Waals surface area contributed by atoms with Crippen LogP contribution in [0, 0.1) is 32.1 Å². The highest BCUT2D eigenvalue weighted by atomic mass is 32.2. The third-order valence-electron chi connectivity index (χ3n) is 4.07. The minimum absolute atomic E-state index is 0.0107. The van der Waals surface area contributed by atoms with Crippen LogP contribution in [0.15, 0.2) is 32.8 Å². The minimum atomic E-state index is -0.674. The number of pyridine rings is 1. The number of anilines is 1. The van der Waals surface area contributed by atoms with E-state index in [0.717, 1.165) is 33.8 Å². The van der Waals surface area contributed by atoms with Gasteiger partial charge in [0.2, 0.25) is 5.91 Å². The van der Waals surface area contributed by atoms with Crippen molar-refractivity contribution in [1.82, 2.24) is 15.0 Å². The molecule has 0 bridgehead atoms. The highest BCUT2D eigenvalue weighted by molar-refractivity contribution is 8.00. The predicted octanol–water partition coefficient (Wildman–Crippen LogP) is 2.14. The Morgan fingerprint density at radius 1 is 1.21 bits per heavy atom. The number of thioether (sulfide) groups is 1. The first-order valence-electron chi connectivity index (χ1n) is 8.36. The van der Waals surface area contributed by atoms with Crippen molar-refractivity contribution in [2.24, 2.45) is 0 Å². The average molecular weight is 395 g/mol. The van der Waals surface area contributed by atoms with Crippen LogP contribution in [0.5, 0.6) is 0 Å². The van der Waals surface area contributed by atoms with Gasteiger partial charge in [0.1, 0.15) is 16.8 Å². The molecule has 0 aliphatic rings. The van der Waals surface area contributed by atoms with E-state index in [9.17, 15) is 19.6 Å². The number of hydrogen-bond donors (Lipinski definition) is 3. The van der Waals surface area contributed by atoms with E-state index < -0.39 is 17.2 Å². The number of nitrogens with zero attached hydrogens (tertiary/aromatic N) is 2. The number of nitrogens with one attached hydrogen (secondary N) is 3. The maximum absolute atomic E-state index is 12.3. The fourth-order valence-corrected chi connectivity index (χ4v) is 3.64. The molecule has 2 aromatic heterocycles. The molecule has 0 atom stereocenters. The van der Waals surface area contributed by atoms with E-state index in [1.165, 1.54) is 6.92 Å². The summed E-state index contributed by atoms with van der Waals surface area (Å²) >= 11 is 1.11. The Kier molecular flexibility index (Phi) is 5.33. The molecule has 1 aromatic carbocycles. The van der Waals surface area contributed by atoms with Crippen molar-refractivity contribution in [2.75, 3.05) is 11.1 Å². The minimum Gasteiger partial charge on any atom is -0.319 e. The number of aromatic amines is 2. The van der Waals surface area contributed by atoms with Crippen molar-refractivity contribution in [1.29, 1.82) is 5.26 Å². The summed E-state index contributed by atoms with van der Waals surface area (Å²) in [7, 11) is 0. The van der Waals surface area contributed by atoms with Gasteiger partial charge in [-0.25, -0.2) is 9.78 Å². The Hall–Kier alpha value is -3.38. The molecule has 142 valence electrons. The summed E-state index contributed by atoms with van der Waals surface area (Å²) < 4.78 is 0. The van der Waals surface area contributed by atoms with E-state index in [1.807, 2.05) is 26.0 Å². The number of rotatable bonds is 4. The molecular weight excluding hydrogens is 378 g/mol. The van der Waals surface area contributed by atoms with Gasteiger partial charge >= 0.3 is 5.69 Å². The molecule has 0 unspecified atom stereocenters. The molecule has 3 rings (SSSR count). The zero-order chi connectivity index (χ0) is 20.4. The summed E-state index contributed by atoms with van der Waals surface area (Å²) in [4.78, 5) is 44.4. The van der Waals surface area contributed by atoms with Gasteiger partial charge < -0.3 is 10.3 Å². The Morgan fingerprint density at radius 3 is 2.64 bits per heavy atom. The summed E-state index contributed by atoms with van der Waals surface area (Å²) in [6.07, 6.45) is 0. The molecule has 3 aromatic rings. The normalized spacial score (nSPS) is 10.6. The van der Waals surface area contributed by atoms with Gasteiger partial charge in [0.25, 0.3) is 5.56 Å². The molecular formula is C19H17N5O3S. The van der Waals surface area contributed by atoms with Crippen LogP contribution in [-0.2, 0) is 4.79 Å². The first kappa shape index (κ1) is 19.4. The van der Waals surface area contributed by atoms with Crippen LogP contribution >= 0.6 is 11.8 Å². The number of H-pyrrole nitrogens is 2. The third-order valence-corrected chi connectivity index (χ3v) is 5.06. The zero-order valence-electron chi connectivity index (χ0n) is 15.5. The Labute approximate surface area is 164 Å². The van der Waals surface area contributed by atoms with E-state index in [1.54, 1.807) is 6.07 Å². The smallest absolute Gasteiger partial charge is 0.319 e. The van der Waals surface area contributed by atoms with Crippen molar-refractivity contribution in [3.8, 4) is 6.07 Å². The van der Waals surface area contributed by atoms with Crippen molar-refractivity contribution in [3.05, 3.63) is 61.4 Å². The molecule has 2 heterocycles. The Balaban J connectivity index is 1.83. The molecule has 0 aliphatic heterocycles. The monoisotopic (exact) mass is 395 g/mol. The average Bonchev–Trinajstić information content (AvgIpc) is 2.62. The summed E-state index contributed by atoms with van der Waals surface area (Å²) in [5.74, 6) is -0.493. The van der Waals surface area contributed by atoms with Gasteiger partial charge in [-0.05, 0) is 38.5 Å². The van der Waals surface area contributed by atoms with Crippen LogP contribution in [0.3, 0.4) is 0 Å². The maximum Gasteiger partial charge on any atom is 0.326 e. The number of fused-ring (bicyclic) bond motifs is 1. The molecule has 0 radical (unpaired) electrons. The SMILES string of the molecule is Cc1cc(C)c2nc(SCC(=O)Nc3c(C)[nH]c(=O)[nH]c3=O)c(C#N)cc2c1. The Morgan fingerprint density at radius 2 is 1.96 bits per heavy atom. The number of carbonyl (C=O) groups excluding carboxylic acids is 1. The lowest BCUT2D eigenvalue weighted by molar-refractivity contribution is -0.113. The molecule has 8 nitrogen and oxygen atoms in total.